The van der Waals surface area contributed by atoms with Gasteiger partial charge in [0, 0.05) is 25.7 Å². The van der Waals surface area contributed by atoms with E-state index < -0.39 is 0 Å². The van der Waals surface area contributed by atoms with E-state index in [2.05, 4.69) is 20.8 Å². The number of rotatable bonds is 9. The fraction of sp³-hybridized carbons (Fsp3) is 0.895. The second-order valence-electron chi connectivity index (χ2n) is 7.31. The lowest BCUT2D eigenvalue weighted by atomic mass is 9.97. The summed E-state index contributed by atoms with van der Waals surface area (Å²) >= 11 is 0. The van der Waals surface area contributed by atoms with Crippen LogP contribution in [-0.2, 0) is 0 Å². The molecule has 2 fully saturated rings. The highest BCUT2D eigenvalue weighted by Crippen LogP contribution is 2.37. The molecule has 0 aliphatic carbocycles. The molecule has 4 atom stereocenters. The Kier molecular flexibility index (Phi) is 6.58. The van der Waals surface area contributed by atoms with Crippen molar-refractivity contribution in [2.24, 2.45) is 5.92 Å². The SMILES string of the molecule is CCC(CC[C@H](C)CC)N1C(=O)N(CC)C2C1N(CC)C(=O)N2CC. The summed E-state index contributed by atoms with van der Waals surface area (Å²) < 4.78 is 0. The molecule has 2 aliphatic rings. The van der Waals surface area contributed by atoms with E-state index >= 15 is 0 Å². The zero-order chi connectivity index (χ0) is 18.7. The average molecular weight is 353 g/mol. The molecule has 6 heteroatoms. The van der Waals surface area contributed by atoms with Gasteiger partial charge in [0.1, 0.15) is 12.3 Å². The normalized spacial score (nSPS) is 25.8. The van der Waals surface area contributed by atoms with Gasteiger partial charge >= 0.3 is 12.1 Å². The fourth-order valence-electron chi connectivity index (χ4n) is 4.27. The van der Waals surface area contributed by atoms with Gasteiger partial charge in [0.05, 0.1) is 0 Å². The number of fused-ring (bicyclic) bond motifs is 1. The summed E-state index contributed by atoms with van der Waals surface area (Å²) in [5.74, 6) is 0.671. The molecule has 2 saturated heterocycles. The van der Waals surface area contributed by atoms with Gasteiger partial charge in [-0.2, -0.15) is 0 Å². The first-order valence-corrected chi connectivity index (χ1v) is 10.1. The number of urea groups is 2. The Morgan fingerprint density at radius 2 is 1.28 bits per heavy atom. The summed E-state index contributed by atoms with van der Waals surface area (Å²) in [7, 11) is 0. The summed E-state index contributed by atoms with van der Waals surface area (Å²) in [5, 5.41) is 0. The second kappa shape index (κ2) is 8.28. The first kappa shape index (κ1) is 19.9. The third-order valence-corrected chi connectivity index (χ3v) is 6.04. The van der Waals surface area contributed by atoms with E-state index in [0.29, 0.717) is 25.6 Å². The van der Waals surface area contributed by atoms with E-state index in [1.165, 1.54) is 6.42 Å². The smallest absolute Gasteiger partial charge is 0.300 e. The molecule has 6 nitrogen and oxygen atoms in total. The van der Waals surface area contributed by atoms with E-state index in [0.717, 1.165) is 19.3 Å². The fourth-order valence-corrected chi connectivity index (χ4v) is 4.27. The number of carbonyl (C=O) groups excluding carboxylic acids is 2. The number of hydrogen-bond donors (Lipinski definition) is 0. The minimum atomic E-state index is -0.146. The minimum absolute atomic E-state index is 0.0627. The molecule has 3 unspecified atom stereocenters. The van der Waals surface area contributed by atoms with Crippen molar-refractivity contribution in [2.75, 3.05) is 19.6 Å². The highest BCUT2D eigenvalue weighted by Gasteiger charge is 2.58. The summed E-state index contributed by atoms with van der Waals surface area (Å²) in [6.07, 6.45) is 3.94. The van der Waals surface area contributed by atoms with Gasteiger partial charge in [0.25, 0.3) is 0 Å². The maximum Gasteiger partial charge on any atom is 0.323 e. The molecular formula is C19H36N4O2. The number of amides is 4. The van der Waals surface area contributed by atoms with Crippen molar-refractivity contribution in [2.45, 2.75) is 85.6 Å². The van der Waals surface area contributed by atoms with Gasteiger partial charge in [0.15, 0.2) is 0 Å². The molecular weight excluding hydrogens is 316 g/mol. The van der Waals surface area contributed by atoms with Crippen molar-refractivity contribution in [3.05, 3.63) is 0 Å². The topological polar surface area (TPSA) is 47.1 Å². The molecule has 0 N–H and O–H groups in total. The maximum atomic E-state index is 13.2. The van der Waals surface area contributed by atoms with Crippen molar-refractivity contribution in [3.63, 3.8) is 0 Å². The van der Waals surface area contributed by atoms with Crippen molar-refractivity contribution in [1.82, 2.24) is 19.6 Å². The van der Waals surface area contributed by atoms with Crippen molar-refractivity contribution in [3.8, 4) is 0 Å². The third kappa shape index (κ3) is 3.32. The Labute approximate surface area is 153 Å². The Hall–Kier alpha value is -1.46. The molecule has 0 aromatic carbocycles. The molecule has 2 rings (SSSR count). The summed E-state index contributed by atoms with van der Waals surface area (Å²) in [6, 6.07) is 0.356. The lowest BCUT2D eigenvalue weighted by Gasteiger charge is -2.35. The third-order valence-electron chi connectivity index (χ3n) is 6.04. The van der Waals surface area contributed by atoms with E-state index in [1.807, 2.05) is 40.4 Å². The van der Waals surface area contributed by atoms with E-state index in [1.54, 1.807) is 0 Å². The number of nitrogens with zero attached hydrogens (tertiary/aromatic N) is 4. The number of likely N-dealkylation sites (N-methyl/N-ethyl adjacent to an activating group) is 3. The molecule has 4 amide bonds. The van der Waals surface area contributed by atoms with Crippen molar-refractivity contribution < 1.29 is 9.59 Å². The van der Waals surface area contributed by atoms with Crippen LogP contribution < -0.4 is 0 Å². The lowest BCUT2D eigenvalue weighted by Crippen LogP contribution is -2.51. The summed E-state index contributed by atoms with van der Waals surface area (Å²) in [4.78, 5) is 33.6. The molecule has 0 aromatic rings. The molecule has 144 valence electrons. The summed E-state index contributed by atoms with van der Waals surface area (Å²) in [6.45, 7) is 14.6. The number of carbonyl (C=O) groups is 2. The van der Waals surface area contributed by atoms with Crippen molar-refractivity contribution in [1.29, 1.82) is 0 Å². The maximum absolute atomic E-state index is 13.2. The average Bonchev–Trinajstić information content (AvgIpc) is 3.04. The molecule has 0 saturated carbocycles. The molecule has 0 radical (unpaired) electrons. The Balaban J connectivity index is 2.32. The Bertz CT molecular complexity index is 482. The van der Waals surface area contributed by atoms with E-state index in [4.69, 9.17) is 0 Å². The van der Waals surface area contributed by atoms with Crippen LogP contribution in [0.3, 0.4) is 0 Å². The minimum Gasteiger partial charge on any atom is -0.300 e. The van der Waals surface area contributed by atoms with Crippen LogP contribution >= 0.6 is 0 Å². The monoisotopic (exact) mass is 352 g/mol. The van der Waals surface area contributed by atoms with E-state index in [-0.39, 0.29) is 30.4 Å². The van der Waals surface area contributed by atoms with Crippen LogP contribution in [0.25, 0.3) is 0 Å². The molecule has 2 heterocycles. The molecule has 0 aromatic heterocycles. The highest BCUT2D eigenvalue weighted by molar-refractivity contribution is 5.85. The zero-order valence-corrected chi connectivity index (χ0v) is 16.9. The first-order chi connectivity index (χ1) is 12.0. The van der Waals surface area contributed by atoms with Crippen molar-refractivity contribution >= 4 is 12.1 Å². The van der Waals surface area contributed by atoms with Gasteiger partial charge < -0.3 is 14.7 Å². The van der Waals surface area contributed by atoms with Crippen LogP contribution in [-0.4, -0.2) is 69.7 Å². The second-order valence-corrected chi connectivity index (χ2v) is 7.31. The Morgan fingerprint density at radius 3 is 1.76 bits per heavy atom. The van der Waals surface area contributed by atoms with Gasteiger partial charge in [-0.1, -0.05) is 27.2 Å². The zero-order valence-electron chi connectivity index (χ0n) is 16.9. The highest BCUT2D eigenvalue weighted by atomic mass is 16.2. The molecule has 0 spiro atoms. The van der Waals surface area contributed by atoms with Crippen LogP contribution in [0.5, 0.6) is 0 Å². The van der Waals surface area contributed by atoms with Crippen LogP contribution in [0.1, 0.15) is 67.2 Å². The Morgan fingerprint density at radius 1 is 0.760 bits per heavy atom. The summed E-state index contributed by atoms with van der Waals surface area (Å²) in [5.41, 5.74) is 0. The quantitative estimate of drug-likeness (QED) is 0.634. The molecule has 0 bridgehead atoms. The standard InChI is InChI=1S/C19H36N4O2/c1-7-14(6)12-13-15(8-2)23-17-16(21(10-4)19(23)25)20(9-3)18(24)22(17)11-5/h14-17H,7-13H2,1-6H3/t14-,15?,16?,17?/m1/s1. The first-order valence-electron chi connectivity index (χ1n) is 10.1. The van der Waals surface area contributed by atoms with Gasteiger partial charge in [-0.3, -0.25) is 4.90 Å². The van der Waals surface area contributed by atoms with Crippen LogP contribution in [0.15, 0.2) is 0 Å². The van der Waals surface area contributed by atoms with Gasteiger partial charge in [-0.05, 0) is 46.0 Å². The van der Waals surface area contributed by atoms with Gasteiger partial charge in [-0.25, -0.2) is 9.59 Å². The van der Waals surface area contributed by atoms with Crippen LogP contribution in [0.2, 0.25) is 0 Å². The molecule has 25 heavy (non-hydrogen) atoms. The predicted octanol–water partition coefficient (Wildman–Crippen LogP) is 3.78. The van der Waals surface area contributed by atoms with Gasteiger partial charge in [0.2, 0.25) is 0 Å². The number of hydrogen-bond acceptors (Lipinski definition) is 2. The van der Waals surface area contributed by atoms with E-state index in [9.17, 15) is 9.59 Å². The largest absolute Gasteiger partial charge is 0.323 e. The van der Waals surface area contributed by atoms with Gasteiger partial charge in [-0.15, -0.1) is 0 Å². The van der Waals surface area contributed by atoms with Crippen LogP contribution in [0, 0.1) is 5.92 Å². The molecule has 2 aliphatic heterocycles. The lowest BCUT2D eigenvalue weighted by molar-refractivity contribution is 0.0930. The predicted molar refractivity (Wildman–Crippen MR) is 100 cm³/mol. The van der Waals surface area contributed by atoms with Crippen LogP contribution in [0.4, 0.5) is 9.59 Å².